The van der Waals surface area contributed by atoms with Gasteiger partial charge in [-0.2, -0.15) is 25.2 Å². The summed E-state index contributed by atoms with van der Waals surface area (Å²) >= 11 is 2.01. The molecule has 2 aromatic rings. The smallest absolute Gasteiger partial charge is 0.394 e. The predicted molar refractivity (Wildman–Crippen MR) is 117 cm³/mol. The minimum atomic E-state index is -4.67. The van der Waals surface area contributed by atoms with Crippen LogP contribution in [-0.2, 0) is 10.4 Å². The van der Waals surface area contributed by atoms with Crippen molar-refractivity contribution in [2.24, 2.45) is 0 Å². The average molecular weight is 469 g/mol. The van der Waals surface area contributed by atoms with Crippen LogP contribution >= 0.6 is 11.8 Å². The largest absolute Gasteiger partial charge is 0.412 e. The van der Waals surface area contributed by atoms with E-state index >= 15 is 0 Å². The van der Waals surface area contributed by atoms with E-state index in [1.807, 2.05) is 30.1 Å². The molecule has 2 aliphatic rings. The molecule has 2 aromatic heterocycles. The molecular formula is C15H28N6O7S2. The van der Waals surface area contributed by atoms with Crippen molar-refractivity contribution in [2.45, 2.75) is 0 Å². The highest BCUT2D eigenvalue weighted by molar-refractivity contribution is 7.99. The predicted octanol–water partition coefficient (Wildman–Crippen LogP) is -2.14. The highest BCUT2D eigenvalue weighted by Gasteiger charge is 2.21. The van der Waals surface area contributed by atoms with Crippen molar-refractivity contribution in [1.82, 2.24) is 20.3 Å². The third-order valence-corrected chi connectivity index (χ3v) is 5.08. The Labute approximate surface area is 178 Å². The van der Waals surface area contributed by atoms with Gasteiger partial charge in [0.25, 0.3) is 0 Å². The number of anilines is 2. The Kier molecular flexibility index (Phi) is 12.0. The van der Waals surface area contributed by atoms with Crippen molar-refractivity contribution in [3.63, 3.8) is 0 Å². The molecule has 172 valence electrons. The van der Waals surface area contributed by atoms with E-state index in [-0.39, 0.29) is 16.4 Å². The third kappa shape index (κ3) is 8.11. The molecule has 13 nitrogen and oxygen atoms in total. The van der Waals surface area contributed by atoms with Crippen LogP contribution in [0, 0.1) is 0 Å². The SMILES string of the molecule is O.O.O.O=S(=O)(O)O.c1cnc2c(N3CCSCC3)nc(N3CCNCC3)nc2c1. The highest BCUT2D eigenvalue weighted by atomic mass is 32.3. The summed E-state index contributed by atoms with van der Waals surface area (Å²) in [7, 11) is -4.67. The highest BCUT2D eigenvalue weighted by Crippen LogP contribution is 2.27. The number of aromatic nitrogens is 3. The monoisotopic (exact) mass is 468 g/mol. The number of fused-ring (bicyclic) bond motifs is 1. The van der Waals surface area contributed by atoms with Crippen LogP contribution in [0.1, 0.15) is 0 Å². The van der Waals surface area contributed by atoms with Gasteiger partial charge in [0.1, 0.15) is 5.52 Å². The Morgan fingerprint density at radius 2 is 1.57 bits per heavy atom. The van der Waals surface area contributed by atoms with Gasteiger partial charge in [0.15, 0.2) is 5.82 Å². The maximum atomic E-state index is 8.74. The fourth-order valence-electron chi connectivity index (χ4n) is 2.94. The van der Waals surface area contributed by atoms with E-state index < -0.39 is 10.4 Å². The molecule has 0 amide bonds. The normalized spacial score (nSPS) is 16.3. The summed E-state index contributed by atoms with van der Waals surface area (Å²) in [5.74, 6) is 4.15. The van der Waals surface area contributed by atoms with Gasteiger partial charge in [-0.15, -0.1) is 0 Å². The van der Waals surface area contributed by atoms with E-state index in [1.54, 1.807) is 0 Å². The molecule has 0 aromatic carbocycles. The van der Waals surface area contributed by atoms with Crippen LogP contribution in [0.15, 0.2) is 18.3 Å². The zero-order valence-electron chi connectivity index (χ0n) is 16.2. The standard InChI is InChI=1S/C15H20N6S.H2O4S.3H2O/c1-2-12-13(17-3-1)14(20-8-10-22-11-9-20)19-15(18-12)21-6-4-16-5-7-21;1-5(2,3)4;;;/h1-3,16H,4-11H2;(H2,1,2,3,4);3*1H2. The van der Waals surface area contributed by atoms with Crippen molar-refractivity contribution in [2.75, 3.05) is 60.6 Å². The van der Waals surface area contributed by atoms with Crippen LogP contribution in [0.4, 0.5) is 11.8 Å². The number of nitrogens with zero attached hydrogens (tertiary/aromatic N) is 5. The minimum Gasteiger partial charge on any atom is -0.412 e. The summed E-state index contributed by atoms with van der Waals surface area (Å²) in [6.45, 7) is 5.97. The van der Waals surface area contributed by atoms with Crippen molar-refractivity contribution < 1.29 is 34.0 Å². The van der Waals surface area contributed by atoms with Gasteiger partial charge in [0.2, 0.25) is 5.95 Å². The van der Waals surface area contributed by atoms with E-state index in [2.05, 4.69) is 20.1 Å². The molecule has 30 heavy (non-hydrogen) atoms. The molecule has 9 N–H and O–H groups in total. The van der Waals surface area contributed by atoms with Gasteiger partial charge in [0, 0.05) is 57.0 Å². The van der Waals surface area contributed by atoms with Crippen molar-refractivity contribution in [3.8, 4) is 0 Å². The van der Waals surface area contributed by atoms with E-state index in [0.29, 0.717) is 0 Å². The van der Waals surface area contributed by atoms with Gasteiger partial charge >= 0.3 is 10.4 Å². The lowest BCUT2D eigenvalue weighted by Gasteiger charge is -2.31. The molecule has 0 spiro atoms. The van der Waals surface area contributed by atoms with Crippen LogP contribution in [-0.4, -0.2) is 99.7 Å². The summed E-state index contributed by atoms with van der Waals surface area (Å²) in [5, 5.41) is 3.38. The molecular weight excluding hydrogens is 440 g/mol. The molecule has 2 fully saturated rings. The molecule has 2 aliphatic heterocycles. The Balaban J connectivity index is 0.000000953. The lowest BCUT2D eigenvalue weighted by molar-refractivity contribution is 0.381. The zero-order valence-corrected chi connectivity index (χ0v) is 17.8. The minimum absolute atomic E-state index is 0. The number of pyridine rings is 1. The lowest BCUT2D eigenvalue weighted by Crippen LogP contribution is -2.44. The first kappa shape index (κ1) is 28.1. The van der Waals surface area contributed by atoms with E-state index in [4.69, 9.17) is 27.5 Å². The first-order valence-electron chi connectivity index (χ1n) is 8.53. The first-order chi connectivity index (χ1) is 12.9. The van der Waals surface area contributed by atoms with Gasteiger partial charge in [-0.05, 0) is 12.1 Å². The van der Waals surface area contributed by atoms with E-state index in [1.165, 1.54) is 0 Å². The fraction of sp³-hybridized carbons (Fsp3) is 0.533. The summed E-state index contributed by atoms with van der Waals surface area (Å²) < 4.78 is 31.6. The van der Waals surface area contributed by atoms with Gasteiger partial charge < -0.3 is 31.5 Å². The maximum Gasteiger partial charge on any atom is 0.394 e. The average Bonchev–Trinajstić information content (AvgIpc) is 2.67. The molecule has 0 atom stereocenters. The Morgan fingerprint density at radius 3 is 2.17 bits per heavy atom. The van der Waals surface area contributed by atoms with Crippen LogP contribution in [0.2, 0.25) is 0 Å². The van der Waals surface area contributed by atoms with Crippen molar-refractivity contribution in [3.05, 3.63) is 18.3 Å². The number of rotatable bonds is 2. The Morgan fingerprint density at radius 1 is 0.967 bits per heavy atom. The lowest BCUT2D eigenvalue weighted by atomic mass is 10.3. The summed E-state index contributed by atoms with van der Waals surface area (Å²) in [4.78, 5) is 18.8. The van der Waals surface area contributed by atoms with Crippen LogP contribution in [0.5, 0.6) is 0 Å². The second-order valence-electron chi connectivity index (χ2n) is 6.00. The second kappa shape index (κ2) is 12.8. The summed E-state index contributed by atoms with van der Waals surface area (Å²) in [5.41, 5.74) is 1.87. The molecule has 4 heterocycles. The molecule has 2 saturated heterocycles. The van der Waals surface area contributed by atoms with Crippen molar-refractivity contribution in [1.29, 1.82) is 0 Å². The molecule has 0 aliphatic carbocycles. The Hall–Kier alpha value is -1.85. The Bertz CT molecular complexity index is 869. The number of thioether (sulfide) groups is 1. The van der Waals surface area contributed by atoms with Gasteiger partial charge in [-0.1, -0.05) is 0 Å². The van der Waals surface area contributed by atoms with E-state index in [0.717, 1.165) is 73.6 Å². The first-order valence-corrected chi connectivity index (χ1v) is 11.1. The molecule has 0 radical (unpaired) electrons. The maximum absolute atomic E-state index is 8.74. The fourth-order valence-corrected chi connectivity index (χ4v) is 3.84. The van der Waals surface area contributed by atoms with Gasteiger partial charge in [-0.3, -0.25) is 14.1 Å². The number of hydrogen-bond donors (Lipinski definition) is 3. The second-order valence-corrected chi connectivity index (χ2v) is 8.12. The number of hydrogen-bond acceptors (Lipinski definition) is 9. The van der Waals surface area contributed by atoms with Gasteiger partial charge in [-0.25, -0.2) is 4.98 Å². The molecule has 4 rings (SSSR count). The zero-order chi connectivity index (χ0) is 19.3. The number of piperazine rings is 1. The van der Waals surface area contributed by atoms with Crippen LogP contribution < -0.4 is 15.1 Å². The molecule has 0 unspecified atom stereocenters. The molecule has 0 saturated carbocycles. The summed E-state index contributed by atoms with van der Waals surface area (Å²) in [6.07, 6.45) is 1.83. The quantitative estimate of drug-likeness (QED) is 0.403. The molecule has 15 heteroatoms. The molecule has 0 bridgehead atoms. The third-order valence-electron chi connectivity index (χ3n) is 4.14. The number of nitrogens with one attached hydrogen (secondary N) is 1. The van der Waals surface area contributed by atoms with E-state index in [9.17, 15) is 0 Å². The van der Waals surface area contributed by atoms with Gasteiger partial charge in [0.05, 0.1) is 5.52 Å². The van der Waals surface area contributed by atoms with Crippen LogP contribution in [0.25, 0.3) is 11.0 Å². The van der Waals surface area contributed by atoms with Crippen LogP contribution in [0.3, 0.4) is 0 Å². The summed E-state index contributed by atoms with van der Waals surface area (Å²) in [6, 6.07) is 3.99. The topological polar surface area (TPSA) is 226 Å². The van der Waals surface area contributed by atoms with Crippen molar-refractivity contribution >= 4 is 45.0 Å².